The summed E-state index contributed by atoms with van der Waals surface area (Å²) in [7, 11) is -3.59. The summed E-state index contributed by atoms with van der Waals surface area (Å²) in [5.41, 5.74) is 6.07. The van der Waals surface area contributed by atoms with Crippen LogP contribution in [0.2, 0.25) is 0 Å². The summed E-state index contributed by atoms with van der Waals surface area (Å²) in [4.78, 5) is 0.121. The quantitative estimate of drug-likeness (QED) is 0.749. The number of hydrogen-bond donors (Lipinski definition) is 2. The van der Waals surface area contributed by atoms with Crippen LogP contribution in [-0.4, -0.2) is 14.5 Å². The first-order chi connectivity index (χ1) is 8.79. The first kappa shape index (κ1) is 15.3. The van der Waals surface area contributed by atoms with Gasteiger partial charge in [-0.15, -0.1) is 0 Å². The lowest BCUT2D eigenvalue weighted by molar-refractivity contribution is 0.538. The van der Waals surface area contributed by atoms with E-state index in [0.29, 0.717) is 10.4 Å². The summed E-state index contributed by atoms with van der Waals surface area (Å²) < 4.78 is 28.8. The molecule has 1 aromatic rings. The molecule has 0 radical (unpaired) electrons. The number of sulfonamides is 1. The van der Waals surface area contributed by atoms with Gasteiger partial charge in [0.25, 0.3) is 0 Å². The molecule has 7 heteroatoms. The molecule has 1 fully saturated rings. The fraction of sp³-hybridized carbons (Fsp3) is 0.500. The summed E-state index contributed by atoms with van der Waals surface area (Å²) >= 11 is 6.55. The molecule has 2 atom stereocenters. The highest BCUT2D eigenvalue weighted by atomic mass is 79.9. The van der Waals surface area contributed by atoms with E-state index in [1.807, 2.05) is 0 Å². The van der Waals surface area contributed by atoms with Crippen molar-refractivity contribution in [1.82, 2.24) is 4.72 Å². The lowest BCUT2D eigenvalue weighted by Gasteiger charge is -2.15. The molecule has 2 rings (SSSR count). The normalized spacial score (nSPS) is 23.7. The SMILES string of the molecule is CC1CCC(NS(=O)(=O)c2c(N)cc(Br)cc2Br)C1. The maximum absolute atomic E-state index is 12.4. The maximum Gasteiger partial charge on any atom is 0.243 e. The standard InChI is InChI=1S/C12H16Br2N2O2S/c1-7-2-3-9(4-7)16-19(17,18)12-10(14)5-8(13)6-11(12)15/h5-7,9,16H,2-4,15H2,1H3. The van der Waals surface area contributed by atoms with Gasteiger partial charge in [-0.3, -0.25) is 0 Å². The average Bonchev–Trinajstić information content (AvgIpc) is 2.60. The van der Waals surface area contributed by atoms with Crippen LogP contribution < -0.4 is 10.5 Å². The minimum Gasteiger partial charge on any atom is -0.398 e. The van der Waals surface area contributed by atoms with Crippen LogP contribution >= 0.6 is 31.9 Å². The van der Waals surface area contributed by atoms with Crippen LogP contribution in [0.1, 0.15) is 26.2 Å². The van der Waals surface area contributed by atoms with Crippen molar-refractivity contribution in [2.45, 2.75) is 37.1 Å². The third kappa shape index (κ3) is 3.51. The van der Waals surface area contributed by atoms with Crippen molar-refractivity contribution in [1.29, 1.82) is 0 Å². The van der Waals surface area contributed by atoms with E-state index in [2.05, 4.69) is 43.5 Å². The van der Waals surface area contributed by atoms with Crippen LogP contribution in [0.15, 0.2) is 26.0 Å². The fourth-order valence-corrected chi connectivity index (χ4v) is 5.81. The third-order valence-electron chi connectivity index (χ3n) is 3.32. The number of benzene rings is 1. The van der Waals surface area contributed by atoms with Gasteiger partial charge in [0.15, 0.2) is 0 Å². The molecule has 19 heavy (non-hydrogen) atoms. The Morgan fingerprint density at radius 2 is 2.00 bits per heavy atom. The smallest absolute Gasteiger partial charge is 0.243 e. The van der Waals surface area contributed by atoms with E-state index in [0.717, 1.165) is 23.7 Å². The lowest BCUT2D eigenvalue weighted by Crippen LogP contribution is -2.33. The molecule has 3 N–H and O–H groups in total. The number of nitrogen functional groups attached to an aromatic ring is 1. The maximum atomic E-state index is 12.4. The number of nitrogens with two attached hydrogens (primary N) is 1. The van der Waals surface area contributed by atoms with Crippen molar-refractivity contribution in [3.05, 3.63) is 21.1 Å². The average molecular weight is 412 g/mol. The van der Waals surface area contributed by atoms with Gasteiger partial charge in [0.1, 0.15) is 4.90 Å². The van der Waals surface area contributed by atoms with E-state index in [1.54, 1.807) is 12.1 Å². The van der Waals surface area contributed by atoms with Gasteiger partial charge in [0.2, 0.25) is 10.0 Å². The van der Waals surface area contributed by atoms with Crippen LogP contribution in [0.25, 0.3) is 0 Å². The molecule has 0 heterocycles. The number of rotatable bonds is 3. The second-order valence-corrected chi connectivity index (χ2v) is 8.46. The second kappa shape index (κ2) is 5.71. The van der Waals surface area contributed by atoms with Gasteiger partial charge in [-0.1, -0.05) is 22.9 Å². The number of halogens is 2. The highest BCUT2D eigenvalue weighted by Crippen LogP contribution is 2.33. The zero-order valence-electron chi connectivity index (χ0n) is 10.5. The van der Waals surface area contributed by atoms with Crippen molar-refractivity contribution in [3.63, 3.8) is 0 Å². The Hall–Kier alpha value is -0.110. The summed E-state index contributed by atoms with van der Waals surface area (Å²) in [6.07, 6.45) is 2.83. The zero-order chi connectivity index (χ0) is 14.2. The van der Waals surface area contributed by atoms with E-state index in [1.165, 1.54) is 0 Å². The molecule has 1 aliphatic carbocycles. The van der Waals surface area contributed by atoms with Crippen LogP contribution in [0.4, 0.5) is 5.69 Å². The van der Waals surface area contributed by atoms with Gasteiger partial charge in [0, 0.05) is 15.0 Å². The summed E-state index contributed by atoms with van der Waals surface area (Å²) in [6.45, 7) is 2.14. The molecule has 0 amide bonds. The molecule has 1 aliphatic rings. The topological polar surface area (TPSA) is 72.2 Å². The second-order valence-electron chi connectivity index (χ2n) is 5.04. The molecular weight excluding hydrogens is 396 g/mol. The van der Waals surface area contributed by atoms with Crippen LogP contribution in [-0.2, 0) is 10.0 Å². The predicted molar refractivity (Wildman–Crippen MR) is 83.4 cm³/mol. The Balaban J connectivity index is 2.30. The largest absolute Gasteiger partial charge is 0.398 e. The Kier molecular flexibility index (Phi) is 4.59. The van der Waals surface area contributed by atoms with Crippen LogP contribution in [0.3, 0.4) is 0 Å². The fourth-order valence-electron chi connectivity index (χ4n) is 2.46. The molecule has 4 nitrogen and oxygen atoms in total. The highest BCUT2D eigenvalue weighted by Gasteiger charge is 2.29. The monoisotopic (exact) mass is 410 g/mol. The predicted octanol–water partition coefficient (Wildman–Crippen LogP) is 3.26. The molecule has 106 valence electrons. The lowest BCUT2D eigenvalue weighted by atomic mass is 10.1. The molecule has 2 unspecified atom stereocenters. The molecule has 0 saturated heterocycles. The molecule has 1 saturated carbocycles. The van der Waals surface area contributed by atoms with E-state index >= 15 is 0 Å². The van der Waals surface area contributed by atoms with E-state index in [9.17, 15) is 8.42 Å². The van der Waals surface area contributed by atoms with Gasteiger partial charge in [-0.2, -0.15) is 0 Å². The van der Waals surface area contributed by atoms with E-state index in [-0.39, 0.29) is 16.6 Å². The van der Waals surface area contributed by atoms with Gasteiger partial charge >= 0.3 is 0 Å². The van der Waals surface area contributed by atoms with Crippen molar-refractivity contribution in [2.75, 3.05) is 5.73 Å². The molecule has 0 spiro atoms. The van der Waals surface area contributed by atoms with Crippen LogP contribution in [0.5, 0.6) is 0 Å². The van der Waals surface area contributed by atoms with E-state index < -0.39 is 10.0 Å². The Morgan fingerprint density at radius 1 is 1.32 bits per heavy atom. The molecule has 0 aliphatic heterocycles. The number of anilines is 1. The summed E-state index contributed by atoms with van der Waals surface area (Å²) in [5, 5.41) is 0. The first-order valence-electron chi connectivity index (χ1n) is 6.06. The third-order valence-corrected chi connectivity index (χ3v) is 6.30. The first-order valence-corrected chi connectivity index (χ1v) is 9.13. The van der Waals surface area contributed by atoms with Crippen LogP contribution in [0, 0.1) is 5.92 Å². The van der Waals surface area contributed by atoms with Crippen molar-refractivity contribution < 1.29 is 8.42 Å². The Labute approximate surface area is 130 Å². The molecule has 1 aromatic carbocycles. The van der Waals surface area contributed by atoms with Crippen molar-refractivity contribution in [2.24, 2.45) is 5.92 Å². The van der Waals surface area contributed by atoms with Crippen molar-refractivity contribution in [3.8, 4) is 0 Å². The number of nitrogens with one attached hydrogen (secondary N) is 1. The minimum atomic E-state index is -3.59. The van der Waals surface area contributed by atoms with Gasteiger partial charge in [-0.25, -0.2) is 13.1 Å². The van der Waals surface area contributed by atoms with Gasteiger partial charge in [0.05, 0.1) is 5.69 Å². The zero-order valence-corrected chi connectivity index (χ0v) is 14.5. The van der Waals surface area contributed by atoms with E-state index in [4.69, 9.17) is 5.73 Å². The molecule has 0 bridgehead atoms. The van der Waals surface area contributed by atoms with Crippen molar-refractivity contribution >= 4 is 47.6 Å². The summed E-state index contributed by atoms with van der Waals surface area (Å²) in [5.74, 6) is 0.568. The Bertz CT molecular complexity index is 566. The summed E-state index contributed by atoms with van der Waals surface area (Å²) in [6, 6.07) is 3.29. The van der Waals surface area contributed by atoms with Gasteiger partial charge in [-0.05, 0) is 53.2 Å². The number of hydrogen-bond acceptors (Lipinski definition) is 3. The highest BCUT2D eigenvalue weighted by molar-refractivity contribution is 9.11. The molecular formula is C12H16Br2N2O2S. The molecule has 0 aromatic heterocycles. The van der Waals surface area contributed by atoms with Gasteiger partial charge < -0.3 is 5.73 Å². The minimum absolute atomic E-state index is 0.00921. The Morgan fingerprint density at radius 3 is 2.53 bits per heavy atom.